The zero-order valence-corrected chi connectivity index (χ0v) is 16.6. The van der Waals surface area contributed by atoms with Crippen molar-refractivity contribution in [3.05, 3.63) is 58.7 Å². The number of benzene rings is 2. The lowest BCUT2D eigenvalue weighted by Crippen LogP contribution is -2.18. The molecule has 2 rings (SSSR count). The van der Waals surface area contributed by atoms with Gasteiger partial charge in [-0.3, -0.25) is 0 Å². The predicted molar refractivity (Wildman–Crippen MR) is 106 cm³/mol. The Balaban J connectivity index is 2.13. The number of para-hydroxylation sites is 1. The molecule has 0 saturated heterocycles. The SMILES string of the molecule is COC(=O)/C(C#N)=C/c1ccc(OC(=O)COc2c(C)cccc2C)c(OC)c1. The quantitative estimate of drug-likeness (QED) is 0.307. The van der Waals surface area contributed by atoms with Crippen LogP contribution < -0.4 is 14.2 Å². The number of carbonyl (C=O) groups excluding carboxylic acids is 2. The van der Waals surface area contributed by atoms with Crippen LogP contribution >= 0.6 is 0 Å². The van der Waals surface area contributed by atoms with Gasteiger partial charge in [-0.1, -0.05) is 24.3 Å². The lowest BCUT2D eigenvalue weighted by atomic mass is 10.1. The fourth-order valence-electron chi connectivity index (χ4n) is 2.58. The molecule has 0 bridgehead atoms. The van der Waals surface area contributed by atoms with E-state index in [0.717, 1.165) is 11.1 Å². The minimum atomic E-state index is -0.745. The smallest absolute Gasteiger partial charge is 0.349 e. The highest BCUT2D eigenvalue weighted by Gasteiger charge is 2.14. The maximum absolute atomic E-state index is 12.2. The third-order valence-corrected chi connectivity index (χ3v) is 3.99. The molecule has 0 aliphatic rings. The number of ether oxygens (including phenoxy) is 4. The molecule has 0 spiro atoms. The van der Waals surface area contributed by atoms with Crippen molar-refractivity contribution in [1.82, 2.24) is 0 Å². The summed E-state index contributed by atoms with van der Waals surface area (Å²) in [6.45, 7) is 3.52. The van der Waals surface area contributed by atoms with E-state index in [4.69, 9.17) is 19.5 Å². The van der Waals surface area contributed by atoms with E-state index in [2.05, 4.69) is 4.74 Å². The van der Waals surface area contributed by atoms with Gasteiger partial charge in [0, 0.05) is 0 Å². The van der Waals surface area contributed by atoms with Crippen molar-refractivity contribution < 1.29 is 28.5 Å². The molecular weight excluding hydrogens is 374 g/mol. The molecule has 0 N–H and O–H groups in total. The Kier molecular flexibility index (Phi) is 7.38. The number of methoxy groups -OCH3 is 2. The maximum Gasteiger partial charge on any atom is 0.349 e. The minimum absolute atomic E-state index is 0.165. The fourth-order valence-corrected chi connectivity index (χ4v) is 2.58. The van der Waals surface area contributed by atoms with Crippen molar-refractivity contribution in [2.45, 2.75) is 13.8 Å². The maximum atomic E-state index is 12.2. The van der Waals surface area contributed by atoms with Crippen molar-refractivity contribution in [3.8, 4) is 23.3 Å². The van der Waals surface area contributed by atoms with Crippen molar-refractivity contribution in [2.24, 2.45) is 0 Å². The number of nitriles is 1. The van der Waals surface area contributed by atoms with Gasteiger partial charge < -0.3 is 18.9 Å². The second-order valence-corrected chi connectivity index (χ2v) is 6.06. The van der Waals surface area contributed by atoms with E-state index in [-0.39, 0.29) is 23.7 Å². The fraction of sp³-hybridized carbons (Fsp3) is 0.227. The van der Waals surface area contributed by atoms with Crippen LogP contribution in [0.5, 0.6) is 17.2 Å². The molecule has 0 aliphatic heterocycles. The molecule has 0 heterocycles. The van der Waals surface area contributed by atoms with E-state index < -0.39 is 11.9 Å². The van der Waals surface area contributed by atoms with Crippen LogP contribution in [0.25, 0.3) is 6.08 Å². The molecule has 0 fully saturated rings. The Labute approximate surface area is 169 Å². The van der Waals surface area contributed by atoms with Crippen molar-refractivity contribution in [3.63, 3.8) is 0 Å². The van der Waals surface area contributed by atoms with Gasteiger partial charge in [0.05, 0.1) is 14.2 Å². The number of aryl methyl sites for hydroxylation is 2. The number of hydrogen-bond donors (Lipinski definition) is 0. The Morgan fingerprint density at radius 2 is 1.76 bits per heavy atom. The first-order valence-electron chi connectivity index (χ1n) is 8.67. The van der Waals surface area contributed by atoms with Crippen molar-refractivity contribution >= 4 is 18.0 Å². The lowest BCUT2D eigenvalue weighted by Gasteiger charge is -2.13. The van der Waals surface area contributed by atoms with Gasteiger partial charge in [-0.25, -0.2) is 9.59 Å². The summed E-state index contributed by atoms with van der Waals surface area (Å²) in [6, 6.07) is 12.1. The molecular formula is C22H21NO6. The highest BCUT2D eigenvalue weighted by Crippen LogP contribution is 2.29. The third-order valence-electron chi connectivity index (χ3n) is 3.99. The van der Waals surface area contributed by atoms with Crippen LogP contribution in [-0.2, 0) is 14.3 Å². The largest absolute Gasteiger partial charge is 0.493 e. The summed E-state index contributed by atoms with van der Waals surface area (Å²) in [7, 11) is 2.61. The Morgan fingerprint density at radius 1 is 1.07 bits per heavy atom. The Morgan fingerprint density at radius 3 is 2.34 bits per heavy atom. The minimum Gasteiger partial charge on any atom is -0.493 e. The van der Waals surface area contributed by atoms with Crippen molar-refractivity contribution in [2.75, 3.05) is 20.8 Å². The van der Waals surface area contributed by atoms with Gasteiger partial charge in [0.25, 0.3) is 0 Å². The first-order chi connectivity index (χ1) is 13.9. The average Bonchev–Trinajstić information content (AvgIpc) is 2.71. The summed E-state index contributed by atoms with van der Waals surface area (Å²) < 4.78 is 20.7. The van der Waals surface area contributed by atoms with Crippen LogP contribution in [0.2, 0.25) is 0 Å². The molecule has 0 aliphatic carbocycles. The molecule has 0 unspecified atom stereocenters. The molecule has 7 nitrogen and oxygen atoms in total. The van der Waals surface area contributed by atoms with Gasteiger partial charge in [0.15, 0.2) is 18.1 Å². The van der Waals surface area contributed by atoms with Gasteiger partial charge in [-0.05, 0) is 48.7 Å². The number of nitrogens with zero attached hydrogens (tertiary/aromatic N) is 1. The van der Waals surface area contributed by atoms with Gasteiger partial charge in [-0.15, -0.1) is 0 Å². The van der Waals surface area contributed by atoms with E-state index in [1.165, 1.54) is 32.4 Å². The monoisotopic (exact) mass is 395 g/mol. The Hall–Kier alpha value is -3.79. The summed E-state index contributed by atoms with van der Waals surface area (Å²) in [5.74, 6) is -0.242. The molecule has 7 heteroatoms. The standard InChI is InChI=1S/C22H21NO6/c1-14-6-5-7-15(2)21(14)28-13-20(24)29-18-9-8-16(11-19(18)26-3)10-17(12-23)22(25)27-4/h5-11H,13H2,1-4H3/b17-10+. The Bertz CT molecular complexity index is 967. The molecule has 0 saturated carbocycles. The summed E-state index contributed by atoms with van der Waals surface area (Å²) >= 11 is 0. The second kappa shape index (κ2) is 9.95. The van der Waals surface area contributed by atoms with Gasteiger partial charge in [0.2, 0.25) is 0 Å². The van der Waals surface area contributed by atoms with Gasteiger partial charge in [-0.2, -0.15) is 5.26 Å². The number of hydrogen-bond acceptors (Lipinski definition) is 7. The molecule has 2 aromatic rings. The number of esters is 2. The number of rotatable bonds is 7. The molecule has 150 valence electrons. The number of carbonyl (C=O) groups is 2. The first kappa shape index (κ1) is 21.5. The second-order valence-electron chi connectivity index (χ2n) is 6.06. The van der Waals surface area contributed by atoms with Crippen LogP contribution in [0, 0.1) is 25.2 Å². The van der Waals surface area contributed by atoms with Crippen molar-refractivity contribution in [1.29, 1.82) is 5.26 Å². The van der Waals surface area contributed by atoms with Gasteiger partial charge in [0.1, 0.15) is 17.4 Å². The molecule has 0 radical (unpaired) electrons. The van der Waals surface area contributed by atoms with Crippen LogP contribution in [0.3, 0.4) is 0 Å². The lowest BCUT2D eigenvalue weighted by molar-refractivity contribution is -0.137. The third kappa shape index (κ3) is 5.59. The molecule has 0 aromatic heterocycles. The van der Waals surface area contributed by atoms with E-state index in [1.807, 2.05) is 32.0 Å². The summed E-state index contributed by atoms with van der Waals surface area (Å²) in [5, 5.41) is 9.05. The molecule has 2 aromatic carbocycles. The van der Waals surface area contributed by atoms with E-state index in [9.17, 15) is 9.59 Å². The predicted octanol–water partition coefficient (Wildman–Crippen LogP) is 3.38. The van der Waals surface area contributed by atoms with E-state index >= 15 is 0 Å². The average molecular weight is 395 g/mol. The van der Waals surface area contributed by atoms with E-state index in [1.54, 1.807) is 12.1 Å². The van der Waals surface area contributed by atoms with Crippen LogP contribution in [0.15, 0.2) is 42.0 Å². The molecule has 29 heavy (non-hydrogen) atoms. The molecule has 0 amide bonds. The highest BCUT2D eigenvalue weighted by atomic mass is 16.6. The van der Waals surface area contributed by atoms with Crippen LogP contribution in [-0.4, -0.2) is 32.8 Å². The summed E-state index contributed by atoms with van der Waals surface area (Å²) in [5.41, 5.74) is 2.19. The highest BCUT2D eigenvalue weighted by molar-refractivity contribution is 5.97. The molecule has 0 atom stereocenters. The summed E-state index contributed by atoms with van der Waals surface area (Å²) in [4.78, 5) is 23.7. The first-order valence-corrected chi connectivity index (χ1v) is 8.67. The topological polar surface area (TPSA) is 94.9 Å². The normalized spacial score (nSPS) is 10.7. The van der Waals surface area contributed by atoms with Crippen LogP contribution in [0.1, 0.15) is 16.7 Å². The van der Waals surface area contributed by atoms with Crippen LogP contribution in [0.4, 0.5) is 0 Å². The van der Waals surface area contributed by atoms with E-state index in [0.29, 0.717) is 11.3 Å². The van der Waals surface area contributed by atoms with Gasteiger partial charge >= 0.3 is 11.9 Å². The zero-order chi connectivity index (χ0) is 21.4. The zero-order valence-electron chi connectivity index (χ0n) is 16.6. The summed E-state index contributed by atoms with van der Waals surface area (Å²) in [6.07, 6.45) is 1.35.